The largest absolute Gasteiger partial charge is 0.496 e. The van der Waals surface area contributed by atoms with E-state index in [1.807, 2.05) is 61.7 Å². The van der Waals surface area contributed by atoms with Gasteiger partial charge in [0.2, 0.25) is 5.96 Å². The van der Waals surface area contributed by atoms with Gasteiger partial charge in [-0.15, -0.1) is 0 Å². The summed E-state index contributed by atoms with van der Waals surface area (Å²) < 4.78 is 11.1. The number of methoxy groups -OCH3 is 1. The van der Waals surface area contributed by atoms with Crippen LogP contribution in [0.1, 0.15) is 22.8 Å². The number of hydrogen-bond donors (Lipinski definition) is 3. The zero-order valence-electron chi connectivity index (χ0n) is 19.3. The summed E-state index contributed by atoms with van der Waals surface area (Å²) >= 11 is 0. The van der Waals surface area contributed by atoms with Crippen LogP contribution in [0.2, 0.25) is 0 Å². The average Bonchev–Trinajstić information content (AvgIpc) is 3.28. The lowest BCUT2D eigenvalue weighted by molar-refractivity contribution is 0.0974. The van der Waals surface area contributed by atoms with Crippen molar-refractivity contribution in [3.63, 3.8) is 0 Å². The fourth-order valence-corrected chi connectivity index (χ4v) is 3.72. The van der Waals surface area contributed by atoms with E-state index in [2.05, 4.69) is 26.7 Å². The summed E-state index contributed by atoms with van der Waals surface area (Å²) in [5.74, 6) is 1.20. The number of nitrogens with zero attached hydrogens (tertiary/aromatic N) is 1. The summed E-state index contributed by atoms with van der Waals surface area (Å²) in [4.78, 5) is 21.0. The molecule has 0 aliphatic rings. The van der Waals surface area contributed by atoms with Crippen LogP contribution in [0.3, 0.4) is 0 Å². The van der Waals surface area contributed by atoms with Gasteiger partial charge in [-0.3, -0.25) is 15.1 Å². The summed E-state index contributed by atoms with van der Waals surface area (Å²) in [5, 5.41) is 7.31. The number of rotatable bonds is 8. The van der Waals surface area contributed by atoms with Crippen LogP contribution in [0.4, 0.5) is 5.69 Å². The Hall–Kier alpha value is -4.26. The molecule has 0 saturated carbocycles. The molecule has 3 N–H and O–H groups in total. The maximum atomic E-state index is 13.1. The number of guanidine groups is 1. The highest BCUT2D eigenvalue weighted by Gasteiger charge is 2.15. The van der Waals surface area contributed by atoms with E-state index < -0.39 is 0 Å². The number of aromatic nitrogens is 1. The summed E-state index contributed by atoms with van der Waals surface area (Å²) in [7, 11) is 1.54. The molecule has 174 valence electrons. The molecule has 1 heterocycles. The zero-order chi connectivity index (χ0) is 23.8. The number of aliphatic imine (C=N–C) groups is 1. The number of para-hydroxylation sites is 4. The van der Waals surface area contributed by atoms with Crippen LogP contribution in [0.25, 0.3) is 10.9 Å². The highest BCUT2D eigenvalue weighted by Crippen LogP contribution is 2.24. The van der Waals surface area contributed by atoms with Crippen LogP contribution in [-0.4, -0.2) is 37.1 Å². The maximum Gasteiger partial charge on any atom is 0.261 e. The fraction of sp³-hybridized carbons (Fsp3) is 0.185. The Bertz CT molecular complexity index is 1300. The van der Waals surface area contributed by atoms with Crippen LogP contribution >= 0.6 is 0 Å². The van der Waals surface area contributed by atoms with E-state index in [0.29, 0.717) is 42.6 Å². The van der Waals surface area contributed by atoms with E-state index in [9.17, 15) is 4.79 Å². The molecule has 0 aliphatic carbocycles. The molecule has 0 unspecified atom stereocenters. The Labute approximate surface area is 198 Å². The van der Waals surface area contributed by atoms with Crippen molar-refractivity contribution in [1.82, 2.24) is 10.3 Å². The molecule has 3 aromatic carbocycles. The first-order valence-electron chi connectivity index (χ1n) is 11.2. The van der Waals surface area contributed by atoms with Crippen molar-refractivity contribution in [2.24, 2.45) is 4.99 Å². The molecule has 0 atom stereocenters. The Morgan fingerprint density at radius 2 is 1.71 bits per heavy atom. The van der Waals surface area contributed by atoms with Crippen molar-refractivity contribution < 1.29 is 14.3 Å². The summed E-state index contributed by atoms with van der Waals surface area (Å²) in [6, 6.07) is 22.8. The lowest BCUT2D eigenvalue weighted by atomic mass is 10.1. The lowest BCUT2D eigenvalue weighted by Gasteiger charge is -2.15. The molecule has 0 saturated heterocycles. The molecular weight excluding hydrogens is 428 g/mol. The molecule has 0 aliphatic heterocycles. The van der Waals surface area contributed by atoms with E-state index in [-0.39, 0.29) is 5.91 Å². The molecule has 1 aromatic heterocycles. The third kappa shape index (κ3) is 5.38. The number of fused-ring (bicyclic) bond motifs is 1. The minimum Gasteiger partial charge on any atom is -0.496 e. The molecule has 0 radical (unpaired) electrons. The first-order valence-corrected chi connectivity index (χ1v) is 11.2. The predicted molar refractivity (Wildman–Crippen MR) is 136 cm³/mol. The minimum atomic E-state index is -0.315. The number of nitrogens with one attached hydrogen (secondary N) is 3. The number of benzene rings is 3. The van der Waals surface area contributed by atoms with Crippen molar-refractivity contribution in [3.05, 3.63) is 90.1 Å². The number of hydrogen-bond acceptors (Lipinski definition) is 4. The number of amides is 1. The Balaban J connectivity index is 1.57. The van der Waals surface area contributed by atoms with E-state index in [1.165, 1.54) is 10.9 Å². The Kier molecular flexibility index (Phi) is 7.45. The normalized spacial score (nSPS) is 11.3. The second kappa shape index (κ2) is 11.0. The highest BCUT2D eigenvalue weighted by molar-refractivity contribution is 6.11. The predicted octanol–water partition coefficient (Wildman–Crippen LogP) is 5.02. The first-order chi connectivity index (χ1) is 16.7. The number of carbonyl (C=O) groups is 1. The van der Waals surface area contributed by atoms with Gasteiger partial charge < -0.3 is 19.8 Å². The van der Waals surface area contributed by atoms with Gasteiger partial charge >= 0.3 is 0 Å². The van der Waals surface area contributed by atoms with Gasteiger partial charge in [0.05, 0.1) is 25.0 Å². The van der Waals surface area contributed by atoms with Gasteiger partial charge in [-0.05, 0) is 49.2 Å². The lowest BCUT2D eigenvalue weighted by Crippen LogP contribution is -2.36. The molecule has 1 amide bonds. The smallest absolute Gasteiger partial charge is 0.261 e. The molecule has 34 heavy (non-hydrogen) atoms. The molecule has 0 fully saturated rings. The Morgan fingerprint density at radius 1 is 0.971 bits per heavy atom. The molecule has 0 spiro atoms. The van der Waals surface area contributed by atoms with Gasteiger partial charge in [-0.1, -0.05) is 42.5 Å². The van der Waals surface area contributed by atoms with Gasteiger partial charge in [-0.2, -0.15) is 0 Å². The van der Waals surface area contributed by atoms with E-state index in [0.717, 1.165) is 11.2 Å². The van der Waals surface area contributed by atoms with Crippen LogP contribution < -0.4 is 20.1 Å². The SMILES string of the molecule is CCOc1ccccc1NC(=NCCc1c[nH]c2ccccc12)NC(=O)c1ccccc1OC. The summed E-state index contributed by atoms with van der Waals surface area (Å²) in [6.07, 6.45) is 2.72. The number of ether oxygens (including phenoxy) is 2. The molecule has 4 aromatic rings. The number of anilines is 1. The molecule has 7 heteroatoms. The van der Waals surface area contributed by atoms with Crippen LogP contribution in [0.5, 0.6) is 11.5 Å². The van der Waals surface area contributed by atoms with Gasteiger partial charge in [0.1, 0.15) is 11.5 Å². The monoisotopic (exact) mass is 456 g/mol. The van der Waals surface area contributed by atoms with Gasteiger partial charge in [0.25, 0.3) is 5.91 Å². The van der Waals surface area contributed by atoms with Gasteiger partial charge in [0, 0.05) is 23.6 Å². The number of carbonyl (C=O) groups excluding carboxylic acids is 1. The standard InChI is InChI=1S/C27H28N4O3/c1-3-34-25-15-9-7-13-23(25)30-27(31-26(32)21-11-5-8-14-24(21)33-2)28-17-16-19-18-29-22-12-6-4-10-20(19)22/h4-15,18,29H,3,16-17H2,1-2H3,(H2,28,30,31,32). The fourth-order valence-electron chi connectivity index (χ4n) is 3.72. The minimum absolute atomic E-state index is 0.315. The second-order valence-electron chi connectivity index (χ2n) is 7.55. The summed E-state index contributed by atoms with van der Waals surface area (Å²) in [6.45, 7) is 2.93. The molecular formula is C27H28N4O3. The van der Waals surface area contributed by atoms with Crippen LogP contribution in [0, 0.1) is 0 Å². The highest BCUT2D eigenvalue weighted by atomic mass is 16.5. The topological polar surface area (TPSA) is 87.7 Å². The van der Waals surface area contributed by atoms with Crippen LogP contribution in [-0.2, 0) is 6.42 Å². The van der Waals surface area contributed by atoms with E-state index in [1.54, 1.807) is 25.3 Å². The maximum absolute atomic E-state index is 13.1. The Morgan fingerprint density at radius 3 is 2.53 bits per heavy atom. The number of aromatic amines is 1. The third-order valence-corrected chi connectivity index (χ3v) is 5.35. The van der Waals surface area contributed by atoms with Crippen LogP contribution in [0.15, 0.2) is 84.0 Å². The molecule has 7 nitrogen and oxygen atoms in total. The first kappa shape index (κ1) is 22.9. The van der Waals surface area contributed by atoms with Crippen molar-refractivity contribution in [1.29, 1.82) is 0 Å². The zero-order valence-corrected chi connectivity index (χ0v) is 19.3. The third-order valence-electron chi connectivity index (χ3n) is 5.35. The van der Waals surface area contributed by atoms with E-state index >= 15 is 0 Å². The van der Waals surface area contributed by atoms with Crippen molar-refractivity contribution >= 4 is 28.5 Å². The van der Waals surface area contributed by atoms with Crippen molar-refractivity contribution in [2.75, 3.05) is 25.6 Å². The van der Waals surface area contributed by atoms with Crippen molar-refractivity contribution in [2.45, 2.75) is 13.3 Å². The average molecular weight is 457 g/mol. The number of H-pyrrole nitrogens is 1. The van der Waals surface area contributed by atoms with Gasteiger partial charge in [0.15, 0.2) is 0 Å². The second-order valence-corrected chi connectivity index (χ2v) is 7.55. The molecule has 0 bridgehead atoms. The van der Waals surface area contributed by atoms with E-state index in [4.69, 9.17) is 9.47 Å². The van der Waals surface area contributed by atoms with Gasteiger partial charge in [-0.25, -0.2) is 0 Å². The molecule has 4 rings (SSSR count). The summed E-state index contributed by atoms with van der Waals surface area (Å²) in [5.41, 5.74) is 3.41. The van der Waals surface area contributed by atoms with Crippen molar-refractivity contribution in [3.8, 4) is 11.5 Å². The quantitative estimate of drug-likeness (QED) is 0.257.